The van der Waals surface area contributed by atoms with Crippen LogP contribution >= 0.6 is 15.9 Å². The summed E-state index contributed by atoms with van der Waals surface area (Å²) in [6.07, 6.45) is 0. The summed E-state index contributed by atoms with van der Waals surface area (Å²) >= 11 is 3.37. The smallest absolute Gasteiger partial charge is 0.324 e. The second-order valence-electron chi connectivity index (χ2n) is 6.32. The van der Waals surface area contributed by atoms with E-state index in [1.807, 2.05) is 24.3 Å². The molecule has 1 heterocycles. The topological polar surface area (TPSA) is 79.0 Å². The number of nitrogens with zero attached hydrogens (tertiary/aromatic N) is 2. The summed E-state index contributed by atoms with van der Waals surface area (Å²) in [4.78, 5) is 39.1. The van der Waals surface area contributed by atoms with E-state index < -0.39 is 6.03 Å². The predicted molar refractivity (Wildman–Crippen MR) is 107 cm³/mol. The van der Waals surface area contributed by atoms with Crippen molar-refractivity contribution in [1.29, 1.82) is 0 Å². The molecule has 28 heavy (non-hydrogen) atoms. The van der Waals surface area contributed by atoms with Gasteiger partial charge < -0.3 is 15.0 Å². The fraction of sp³-hybridized carbons (Fsp3) is 0.250. The fourth-order valence-corrected chi connectivity index (χ4v) is 3.06. The molecule has 1 fully saturated rings. The van der Waals surface area contributed by atoms with Crippen molar-refractivity contribution < 1.29 is 19.1 Å². The highest BCUT2D eigenvalue weighted by atomic mass is 79.9. The molecule has 0 atom stereocenters. The van der Waals surface area contributed by atoms with E-state index in [-0.39, 0.29) is 24.9 Å². The Balaban J connectivity index is 1.62. The van der Waals surface area contributed by atoms with E-state index in [9.17, 15) is 14.4 Å². The quantitative estimate of drug-likeness (QED) is 0.664. The lowest BCUT2D eigenvalue weighted by Crippen LogP contribution is -2.34. The van der Waals surface area contributed by atoms with Crippen molar-refractivity contribution in [3.63, 3.8) is 0 Å². The molecule has 1 aliphatic rings. The maximum atomic E-state index is 12.8. The Morgan fingerprint density at radius 1 is 1.18 bits per heavy atom. The average Bonchev–Trinajstić information content (AvgIpc) is 3.01. The minimum atomic E-state index is -0.441. The number of ether oxygens (including phenoxy) is 1. The Bertz CT molecular complexity index is 869. The van der Waals surface area contributed by atoms with E-state index in [0.717, 1.165) is 15.1 Å². The first-order valence-corrected chi connectivity index (χ1v) is 9.55. The normalized spacial score (nSPS) is 13.4. The Morgan fingerprint density at radius 3 is 2.57 bits per heavy atom. The SMILES string of the molecule is CN(CCOc1ccc(Br)cc1)C(=O)c1ccccc1CN1C(=O)CNC1=O. The van der Waals surface area contributed by atoms with E-state index >= 15 is 0 Å². The van der Waals surface area contributed by atoms with E-state index in [4.69, 9.17) is 4.74 Å². The third-order valence-electron chi connectivity index (χ3n) is 4.37. The van der Waals surface area contributed by atoms with Gasteiger partial charge in [0.05, 0.1) is 19.6 Å². The van der Waals surface area contributed by atoms with Crippen molar-refractivity contribution in [3.05, 3.63) is 64.1 Å². The summed E-state index contributed by atoms with van der Waals surface area (Å²) < 4.78 is 6.63. The summed E-state index contributed by atoms with van der Waals surface area (Å²) in [6, 6.07) is 14.0. The van der Waals surface area contributed by atoms with Crippen molar-refractivity contribution in [1.82, 2.24) is 15.1 Å². The minimum Gasteiger partial charge on any atom is -0.492 e. The number of amides is 4. The number of carbonyl (C=O) groups is 3. The molecule has 0 saturated carbocycles. The third kappa shape index (κ3) is 4.69. The van der Waals surface area contributed by atoms with Crippen LogP contribution in [0.1, 0.15) is 15.9 Å². The average molecular weight is 446 g/mol. The molecule has 0 aromatic heterocycles. The van der Waals surface area contributed by atoms with Gasteiger partial charge in [0, 0.05) is 17.1 Å². The zero-order valence-corrected chi connectivity index (χ0v) is 16.9. The zero-order valence-electron chi connectivity index (χ0n) is 15.4. The van der Waals surface area contributed by atoms with Crippen molar-refractivity contribution in [2.24, 2.45) is 0 Å². The molecular formula is C20H20BrN3O4. The maximum absolute atomic E-state index is 12.8. The first-order valence-electron chi connectivity index (χ1n) is 8.75. The Kier molecular flexibility index (Phi) is 6.30. The monoisotopic (exact) mass is 445 g/mol. The zero-order chi connectivity index (χ0) is 20.1. The van der Waals surface area contributed by atoms with E-state index in [1.54, 1.807) is 36.2 Å². The second kappa shape index (κ2) is 8.88. The molecule has 0 radical (unpaired) electrons. The lowest BCUT2D eigenvalue weighted by atomic mass is 10.1. The van der Waals surface area contributed by atoms with Crippen LogP contribution in [0.25, 0.3) is 0 Å². The molecule has 2 aromatic carbocycles. The van der Waals surface area contributed by atoms with E-state index in [0.29, 0.717) is 24.3 Å². The van der Waals surface area contributed by atoms with Crippen molar-refractivity contribution >= 4 is 33.8 Å². The molecule has 0 unspecified atom stereocenters. The Labute approximate surface area is 171 Å². The predicted octanol–water partition coefficient (Wildman–Crippen LogP) is 2.65. The molecule has 1 aliphatic heterocycles. The highest BCUT2D eigenvalue weighted by Crippen LogP contribution is 2.17. The number of benzene rings is 2. The summed E-state index contributed by atoms with van der Waals surface area (Å²) in [5, 5.41) is 2.48. The third-order valence-corrected chi connectivity index (χ3v) is 4.90. The van der Waals surface area contributed by atoms with Crippen LogP contribution in [-0.4, -0.2) is 54.4 Å². The number of imide groups is 1. The Hall–Kier alpha value is -2.87. The molecule has 3 rings (SSSR count). The van der Waals surface area contributed by atoms with Gasteiger partial charge in [-0.2, -0.15) is 0 Å². The van der Waals surface area contributed by atoms with Gasteiger partial charge in [0.2, 0.25) is 5.91 Å². The van der Waals surface area contributed by atoms with Crippen LogP contribution in [0.3, 0.4) is 0 Å². The van der Waals surface area contributed by atoms with Gasteiger partial charge in [0.1, 0.15) is 12.4 Å². The van der Waals surface area contributed by atoms with Crippen LogP contribution in [0.2, 0.25) is 0 Å². The van der Waals surface area contributed by atoms with Crippen LogP contribution in [0.5, 0.6) is 5.75 Å². The second-order valence-corrected chi connectivity index (χ2v) is 7.24. The van der Waals surface area contributed by atoms with E-state index in [2.05, 4.69) is 21.2 Å². The van der Waals surface area contributed by atoms with Gasteiger partial charge in [-0.15, -0.1) is 0 Å². The fourth-order valence-electron chi connectivity index (χ4n) is 2.79. The molecule has 0 bridgehead atoms. The Morgan fingerprint density at radius 2 is 1.89 bits per heavy atom. The number of halogens is 1. The molecule has 146 valence electrons. The first kappa shape index (κ1) is 19.9. The van der Waals surface area contributed by atoms with Gasteiger partial charge in [-0.05, 0) is 35.9 Å². The summed E-state index contributed by atoms with van der Waals surface area (Å²) in [5.74, 6) is 0.230. The van der Waals surface area contributed by atoms with Gasteiger partial charge in [0.15, 0.2) is 0 Å². The van der Waals surface area contributed by atoms with Gasteiger partial charge in [-0.25, -0.2) is 4.79 Å². The van der Waals surface area contributed by atoms with Crippen LogP contribution in [0.15, 0.2) is 53.0 Å². The lowest BCUT2D eigenvalue weighted by molar-refractivity contribution is -0.125. The number of urea groups is 1. The van der Waals surface area contributed by atoms with Crippen LogP contribution in [-0.2, 0) is 11.3 Å². The standard InChI is InChI=1S/C20H20BrN3O4/c1-23(10-11-28-16-8-6-15(21)7-9-16)19(26)17-5-3-2-4-14(17)13-24-18(25)12-22-20(24)27/h2-9H,10-13H2,1H3,(H,22,27). The maximum Gasteiger partial charge on any atom is 0.324 e. The van der Waals surface area contributed by atoms with Gasteiger partial charge in [0.25, 0.3) is 5.91 Å². The van der Waals surface area contributed by atoms with Crippen molar-refractivity contribution in [2.75, 3.05) is 26.7 Å². The number of nitrogens with one attached hydrogen (secondary N) is 1. The number of hydrogen-bond donors (Lipinski definition) is 1. The number of hydrogen-bond acceptors (Lipinski definition) is 4. The van der Waals surface area contributed by atoms with Gasteiger partial charge in [-0.3, -0.25) is 14.5 Å². The van der Waals surface area contributed by atoms with Gasteiger partial charge in [-0.1, -0.05) is 34.1 Å². The largest absolute Gasteiger partial charge is 0.492 e. The molecular weight excluding hydrogens is 426 g/mol. The van der Waals surface area contributed by atoms with Crippen molar-refractivity contribution in [2.45, 2.75) is 6.54 Å². The first-order chi connectivity index (χ1) is 13.5. The number of likely N-dealkylation sites (N-methyl/N-ethyl adjacent to an activating group) is 1. The van der Waals surface area contributed by atoms with Crippen LogP contribution < -0.4 is 10.1 Å². The van der Waals surface area contributed by atoms with Crippen LogP contribution in [0.4, 0.5) is 4.79 Å². The molecule has 8 heteroatoms. The molecule has 7 nitrogen and oxygen atoms in total. The highest BCUT2D eigenvalue weighted by Gasteiger charge is 2.29. The molecule has 0 aliphatic carbocycles. The molecule has 1 saturated heterocycles. The molecule has 2 aromatic rings. The van der Waals surface area contributed by atoms with Gasteiger partial charge >= 0.3 is 6.03 Å². The summed E-state index contributed by atoms with van der Waals surface area (Å²) in [7, 11) is 1.69. The van der Waals surface area contributed by atoms with Crippen LogP contribution in [0, 0.1) is 0 Å². The lowest BCUT2D eigenvalue weighted by Gasteiger charge is -2.20. The summed E-state index contributed by atoms with van der Waals surface area (Å²) in [5.41, 5.74) is 1.08. The minimum absolute atomic E-state index is 0.0117. The molecule has 0 spiro atoms. The highest BCUT2D eigenvalue weighted by molar-refractivity contribution is 9.10. The van der Waals surface area contributed by atoms with Crippen molar-refractivity contribution in [3.8, 4) is 5.75 Å². The molecule has 4 amide bonds. The molecule has 1 N–H and O–H groups in total. The number of carbonyl (C=O) groups excluding carboxylic acids is 3. The van der Waals surface area contributed by atoms with E-state index in [1.165, 1.54) is 0 Å². The summed E-state index contributed by atoms with van der Waals surface area (Å²) in [6.45, 7) is 0.795. The number of rotatable bonds is 7.